The van der Waals surface area contributed by atoms with Crippen molar-refractivity contribution < 1.29 is 9.59 Å². The molecule has 3 N–H and O–H groups in total. The molecule has 2 unspecified atom stereocenters. The molecule has 2 atom stereocenters. The van der Waals surface area contributed by atoms with Crippen molar-refractivity contribution in [3.63, 3.8) is 0 Å². The summed E-state index contributed by atoms with van der Waals surface area (Å²) in [5.74, 6) is -0.172. The van der Waals surface area contributed by atoms with E-state index in [0.717, 1.165) is 5.56 Å². The lowest BCUT2D eigenvalue weighted by molar-refractivity contribution is -0.137. The van der Waals surface area contributed by atoms with Crippen molar-refractivity contribution >= 4 is 40.7 Å². The number of carbonyl (C=O) groups is 2. The van der Waals surface area contributed by atoms with Crippen molar-refractivity contribution in [3.05, 3.63) is 64.1 Å². The summed E-state index contributed by atoms with van der Waals surface area (Å²) in [4.78, 5) is 29.5. The molecular weight excluding hydrogens is 437 g/mol. The van der Waals surface area contributed by atoms with Gasteiger partial charge in [0.1, 0.15) is 0 Å². The van der Waals surface area contributed by atoms with Crippen LogP contribution in [0.15, 0.2) is 48.5 Å². The highest BCUT2D eigenvalue weighted by Crippen LogP contribution is 2.28. The summed E-state index contributed by atoms with van der Waals surface area (Å²) in [5.41, 5.74) is 7.96. The SMILES string of the molecule is O=C(CN1CCN(C(=O)C2CNNC2c2ccc(Cl)cc2)CC1)Nc1ccccc1Cl. The average Bonchev–Trinajstić information content (AvgIpc) is 3.26. The zero-order valence-corrected chi connectivity index (χ0v) is 18.5. The summed E-state index contributed by atoms with van der Waals surface area (Å²) in [6.45, 7) is 3.35. The first-order valence-electron chi connectivity index (χ1n) is 10.3. The molecule has 2 aliphatic rings. The molecule has 7 nitrogen and oxygen atoms in total. The number of hydrazine groups is 1. The molecule has 31 heavy (non-hydrogen) atoms. The molecule has 0 aromatic heterocycles. The number of amides is 2. The van der Waals surface area contributed by atoms with Gasteiger partial charge in [0.2, 0.25) is 11.8 Å². The van der Waals surface area contributed by atoms with E-state index >= 15 is 0 Å². The minimum absolute atomic E-state index is 0.0933. The Kier molecular flexibility index (Phi) is 7.09. The molecule has 2 amide bonds. The summed E-state index contributed by atoms with van der Waals surface area (Å²) in [6, 6.07) is 14.6. The van der Waals surface area contributed by atoms with Crippen LogP contribution < -0.4 is 16.2 Å². The number of hydrogen-bond acceptors (Lipinski definition) is 5. The van der Waals surface area contributed by atoms with E-state index in [9.17, 15) is 9.59 Å². The van der Waals surface area contributed by atoms with Crippen molar-refractivity contribution in [3.8, 4) is 0 Å². The fourth-order valence-electron chi connectivity index (χ4n) is 4.03. The van der Waals surface area contributed by atoms with Crippen LogP contribution in [-0.2, 0) is 9.59 Å². The second-order valence-electron chi connectivity index (χ2n) is 7.79. The molecule has 0 aliphatic carbocycles. The van der Waals surface area contributed by atoms with Crippen LogP contribution in [0.25, 0.3) is 0 Å². The number of carbonyl (C=O) groups excluding carboxylic acids is 2. The van der Waals surface area contributed by atoms with Gasteiger partial charge in [-0.2, -0.15) is 0 Å². The van der Waals surface area contributed by atoms with Crippen LogP contribution >= 0.6 is 23.2 Å². The molecule has 2 fully saturated rings. The van der Waals surface area contributed by atoms with Crippen LogP contribution in [0.4, 0.5) is 5.69 Å². The average molecular weight is 462 g/mol. The van der Waals surface area contributed by atoms with E-state index in [4.69, 9.17) is 23.2 Å². The zero-order chi connectivity index (χ0) is 21.8. The van der Waals surface area contributed by atoms with E-state index in [1.54, 1.807) is 12.1 Å². The summed E-state index contributed by atoms with van der Waals surface area (Å²) in [7, 11) is 0. The highest BCUT2D eigenvalue weighted by Gasteiger charge is 2.37. The van der Waals surface area contributed by atoms with Crippen LogP contribution in [0.3, 0.4) is 0 Å². The fourth-order valence-corrected chi connectivity index (χ4v) is 4.34. The zero-order valence-electron chi connectivity index (χ0n) is 17.0. The monoisotopic (exact) mass is 461 g/mol. The number of benzene rings is 2. The van der Waals surface area contributed by atoms with E-state index in [2.05, 4.69) is 21.1 Å². The van der Waals surface area contributed by atoms with Crippen molar-refractivity contribution in [2.24, 2.45) is 5.92 Å². The Hall–Kier alpha value is -2.16. The summed E-state index contributed by atoms with van der Waals surface area (Å²) >= 11 is 12.1. The Morgan fingerprint density at radius 1 is 1.00 bits per heavy atom. The number of nitrogens with zero attached hydrogens (tertiary/aromatic N) is 2. The Bertz CT molecular complexity index is 932. The van der Waals surface area contributed by atoms with E-state index in [0.29, 0.717) is 48.5 Å². The number of para-hydroxylation sites is 1. The molecule has 0 bridgehead atoms. The molecule has 2 aliphatic heterocycles. The largest absolute Gasteiger partial charge is 0.340 e. The topological polar surface area (TPSA) is 76.7 Å². The van der Waals surface area contributed by atoms with Gasteiger partial charge >= 0.3 is 0 Å². The van der Waals surface area contributed by atoms with Crippen molar-refractivity contribution in [1.29, 1.82) is 0 Å². The third-order valence-corrected chi connectivity index (χ3v) is 6.31. The summed E-state index contributed by atoms with van der Waals surface area (Å²) in [5, 5.41) is 4.03. The first-order valence-corrected chi connectivity index (χ1v) is 11.1. The minimum Gasteiger partial charge on any atom is -0.340 e. The summed E-state index contributed by atoms with van der Waals surface area (Å²) in [6.07, 6.45) is 0. The van der Waals surface area contributed by atoms with Crippen LogP contribution in [0, 0.1) is 5.92 Å². The first-order chi connectivity index (χ1) is 15.0. The third kappa shape index (κ3) is 5.37. The molecule has 2 heterocycles. The predicted molar refractivity (Wildman–Crippen MR) is 122 cm³/mol. The van der Waals surface area contributed by atoms with Gasteiger partial charge in [0.05, 0.1) is 29.2 Å². The highest BCUT2D eigenvalue weighted by molar-refractivity contribution is 6.33. The van der Waals surface area contributed by atoms with Crippen molar-refractivity contribution in [2.45, 2.75) is 6.04 Å². The molecule has 4 rings (SSSR count). The fraction of sp³-hybridized carbons (Fsp3) is 0.364. The number of nitrogens with one attached hydrogen (secondary N) is 3. The highest BCUT2D eigenvalue weighted by atomic mass is 35.5. The van der Waals surface area contributed by atoms with Crippen molar-refractivity contribution in [2.75, 3.05) is 44.6 Å². The van der Waals surface area contributed by atoms with Gasteiger partial charge in [0, 0.05) is 37.7 Å². The normalized spacial score (nSPS) is 21.8. The van der Waals surface area contributed by atoms with E-state index in [-0.39, 0.29) is 30.3 Å². The van der Waals surface area contributed by atoms with E-state index in [1.807, 2.05) is 41.3 Å². The van der Waals surface area contributed by atoms with Crippen LogP contribution in [0.1, 0.15) is 11.6 Å². The Morgan fingerprint density at radius 3 is 2.42 bits per heavy atom. The molecule has 2 saturated heterocycles. The van der Waals surface area contributed by atoms with Gasteiger partial charge in [0.15, 0.2) is 0 Å². The predicted octanol–water partition coefficient (Wildman–Crippen LogP) is 2.54. The van der Waals surface area contributed by atoms with Gasteiger partial charge in [-0.05, 0) is 29.8 Å². The molecule has 0 radical (unpaired) electrons. The van der Waals surface area contributed by atoms with Gasteiger partial charge in [-0.25, -0.2) is 5.43 Å². The Morgan fingerprint density at radius 2 is 1.71 bits per heavy atom. The summed E-state index contributed by atoms with van der Waals surface area (Å²) < 4.78 is 0. The third-order valence-electron chi connectivity index (χ3n) is 5.73. The van der Waals surface area contributed by atoms with Crippen LogP contribution in [0.2, 0.25) is 10.0 Å². The molecule has 0 spiro atoms. The van der Waals surface area contributed by atoms with Gasteiger partial charge in [-0.15, -0.1) is 0 Å². The van der Waals surface area contributed by atoms with Crippen molar-refractivity contribution in [1.82, 2.24) is 20.7 Å². The second kappa shape index (κ2) is 9.97. The number of hydrogen-bond donors (Lipinski definition) is 3. The molecular formula is C22H25Cl2N5O2. The van der Waals surface area contributed by atoms with E-state index in [1.165, 1.54) is 0 Å². The minimum atomic E-state index is -0.184. The number of anilines is 1. The van der Waals surface area contributed by atoms with Gasteiger partial charge < -0.3 is 10.2 Å². The molecule has 9 heteroatoms. The number of piperazine rings is 1. The lowest BCUT2D eigenvalue weighted by atomic mass is 9.93. The molecule has 0 saturated carbocycles. The maximum Gasteiger partial charge on any atom is 0.238 e. The lowest BCUT2D eigenvalue weighted by Gasteiger charge is -2.36. The Balaban J connectivity index is 1.29. The molecule has 164 valence electrons. The standard InChI is InChI=1S/C22H25Cl2N5O2/c23-16-7-5-15(6-8-16)21-17(13-25-27-21)22(31)29-11-9-28(10-12-29)14-20(30)26-19-4-2-1-3-18(19)24/h1-8,17,21,25,27H,9-14H2,(H,26,30). The second-order valence-corrected chi connectivity index (χ2v) is 8.63. The first kappa shape index (κ1) is 22.0. The number of rotatable bonds is 5. The maximum absolute atomic E-state index is 13.2. The van der Waals surface area contributed by atoms with Gasteiger partial charge in [-0.1, -0.05) is 47.5 Å². The quantitative estimate of drug-likeness (QED) is 0.637. The maximum atomic E-state index is 13.2. The van der Waals surface area contributed by atoms with Crippen LogP contribution in [-0.4, -0.2) is 60.9 Å². The Labute approximate surface area is 191 Å². The molecule has 2 aromatic rings. The smallest absolute Gasteiger partial charge is 0.238 e. The van der Waals surface area contributed by atoms with Gasteiger partial charge in [0.25, 0.3) is 0 Å². The van der Waals surface area contributed by atoms with Gasteiger partial charge in [-0.3, -0.25) is 19.9 Å². The number of halogens is 2. The lowest BCUT2D eigenvalue weighted by Crippen LogP contribution is -2.52. The van der Waals surface area contributed by atoms with Crippen LogP contribution in [0.5, 0.6) is 0 Å². The molecule has 2 aromatic carbocycles. The van der Waals surface area contributed by atoms with E-state index < -0.39 is 0 Å².